The Morgan fingerprint density at radius 1 is 1.26 bits per heavy atom. The van der Waals surface area contributed by atoms with Crippen LogP contribution in [0, 0.1) is 0 Å². The number of hydrogen-bond donors (Lipinski definition) is 1. The smallest absolute Gasteiger partial charge is 0.346 e. The van der Waals surface area contributed by atoms with Crippen molar-refractivity contribution in [1.29, 1.82) is 0 Å². The maximum absolute atomic E-state index is 12.2. The van der Waals surface area contributed by atoms with Crippen molar-refractivity contribution in [3.05, 3.63) is 16.3 Å². The molecule has 0 spiro atoms. The van der Waals surface area contributed by atoms with Gasteiger partial charge in [-0.05, 0) is 25.7 Å². The quantitative estimate of drug-likeness (QED) is 0.690. The third-order valence-corrected chi connectivity index (χ3v) is 4.00. The molecule has 1 aromatic rings. The first-order valence-electron chi connectivity index (χ1n) is 8.73. The molecule has 2 heterocycles. The Balaban J connectivity index is 1.72. The molecule has 0 aromatic carbocycles. The summed E-state index contributed by atoms with van der Waals surface area (Å²) in [7, 11) is 0. The van der Waals surface area contributed by atoms with Crippen molar-refractivity contribution in [3.63, 3.8) is 0 Å². The summed E-state index contributed by atoms with van der Waals surface area (Å²) in [5.41, 5.74) is -0.167. The van der Waals surface area contributed by atoms with Gasteiger partial charge in [0.15, 0.2) is 0 Å². The van der Waals surface area contributed by atoms with Gasteiger partial charge in [0.25, 0.3) is 0 Å². The van der Waals surface area contributed by atoms with E-state index in [2.05, 4.69) is 17.3 Å². The van der Waals surface area contributed by atoms with Crippen molar-refractivity contribution in [2.75, 3.05) is 19.8 Å². The second-order valence-electron chi connectivity index (χ2n) is 5.99. The Hall–Kier alpha value is -1.63. The first-order chi connectivity index (χ1) is 11.2. The summed E-state index contributed by atoms with van der Waals surface area (Å²) in [6, 6.07) is 0. The molecule has 0 aliphatic carbocycles. The largest absolute Gasteiger partial charge is 0.381 e. The average molecular weight is 324 g/mol. The van der Waals surface area contributed by atoms with Crippen molar-refractivity contribution in [3.8, 4) is 0 Å². The van der Waals surface area contributed by atoms with E-state index in [1.807, 2.05) is 0 Å². The molecule has 0 unspecified atom stereocenters. The predicted molar refractivity (Wildman–Crippen MR) is 87.4 cm³/mol. The summed E-state index contributed by atoms with van der Waals surface area (Å²) in [6.45, 7) is 4.83. The number of unbranched alkanes of at least 4 members (excludes halogenated alkanes) is 1. The van der Waals surface area contributed by atoms with Crippen molar-refractivity contribution in [2.45, 2.75) is 65.0 Å². The molecule has 1 N–H and O–H groups in total. The maximum Gasteiger partial charge on any atom is 0.346 e. The summed E-state index contributed by atoms with van der Waals surface area (Å²) in [4.78, 5) is 24.2. The number of fused-ring (bicyclic) bond motifs is 1. The number of carbonyl (C=O) groups excluding carboxylic acids is 1. The highest BCUT2D eigenvalue weighted by atomic mass is 16.5. The predicted octanol–water partition coefficient (Wildman–Crippen LogP) is 1.09. The Morgan fingerprint density at radius 3 is 2.91 bits per heavy atom. The first-order valence-corrected chi connectivity index (χ1v) is 8.73. The minimum Gasteiger partial charge on any atom is -0.381 e. The normalized spacial score (nSPS) is 14.3. The highest BCUT2D eigenvalue weighted by Crippen LogP contribution is 2.10. The second kappa shape index (κ2) is 9.50. The molecule has 0 bridgehead atoms. The molecule has 1 aliphatic rings. The second-order valence-corrected chi connectivity index (χ2v) is 5.99. The van der Waals surface area contributed by atoms with Gasteiger partial charge < -0.3 is 10.1 Å². The van der Waals surface area contributed by atoms with E-state index in [0.29, 0.717) is 19.7 Å². The molecule has 130 valence electrons. The van der Waals surface area contributed by atoms with E-state index in [-0.39, 0.29) is 18.1 Å². The number of ether oxygens (including phenoxy) is 1. The van der Waals surface area contributed by atoms with Crippen LogP contribution in [0.25, 0.3) is 0 Å². The van der Waals surface area contributed by atoms with Crippen LogP contribution in [0.1, 0.15) is 51.3 Å². The van der Waals surface area contributed by atoms with Crippen LogP contribution in [0.4, 0.5) is 0 Å². The van der Waals surface area contributed by atoms with Crippen LogP contribution in [0.5, 0.6) is 0 Å². The molecule has 1 amide bonds. The van der Waals surface area contributed by atoms with E-state index in [0.717, 1.165) is 57.4 Å². The summed E-state index contributed by atoms with van der Waals surface area (Å²) in [5, 5.41) is 7.12. The molecule has 7 heteroatoms. The van der Waals surface area contributed by atoms with Gasteiger partial charge >= 0.3 is 5.69 Å². The SMILES string of the molecule is CCCCOCCCNC(=O)Cn1nc2n(c1=O)CCCCC2. The number of aromatic nitrogens is 3. The summed E-state index contributed by atoms with van der Waals surface area (Å²) < 4.78 is 8.43. The summed E-state index contributed by atoms with van der Waals surface area (Å²) >= 11 is 0. The first kappa shape index (κ1) is 17.7. The molecule has 0 radical (unpaired) electrons. The van der Waals surface area contributed by atoms with Crippen molar-refractivity contribution >= 4 is 5.91 Å². The maximum atomic E-state index is 12.2. The van der Waals surface area contributed by atoms with Crippen LogP contribution >= 0.6 is 0 Å². The third kappa shape index (κ3) is 5.49. The fourth-order valence-electron chi connectivity index (χ4n) is 2.67. The van der Waals surface area contributed by atoms with E-state index < -0.39 is 0 Å². The van der Waals surface area contributed by atoms with Crippen LogP contribution in [0.15, 0.2) is 4.79 Å². The Kier molecular flexibility index (Phi) is 7.32. The standard InChI is InChI=1S/C16H28N4O3/c1-2-3-11-23-12-7-9-17-15(21)13-20-16(22)19-10-6-4-5-8-14(19)18-20/h2-13H2,1H3,(H,17,21). The van der Waals surface area contributed by atoms with Gasteiger partial charge in [0, 0.05) is 32.7 Å². The lowest BCUT2D eigenvalue weighted by Gasteiger charge is -2.05. The molecule has 1 aromatic heterocycles. The van der Waals surface area contributed by atoms with Crippen molar-refractivity contribution in [1.82, 2.24) is 19.7 Å². The molecule has 0 atom stereocenters. The Morgan fingerprint density at radius 2 is 2.09 bits per heavy atom. The Bertz CT molecular complexity index is 550. The molecule has 0 saturated carbocycles. The zero-order chi connectivity index (χ0) is 16.5. The molecule has 0 saturated heterocycles. The minimum atomic E-state index is -0.172. The van der Waals surface area contributed by atoms with Crippen LogP contribution in [-0.4, -0.2) is 40.0 Å². The van der Waals surface area contributed by atoms with Gasteiger partial charge in [0.1, 0.15) is 12.4 Å². The molecule has 1 aliphatic heterocycles. The van der Waals surface area contributed by atoms with Gasteiger partial charge in [-0.3, -0.25) is 9.36 Å². The zero-order valence-corrected chi connectivity index (χ0v) is 14.1. The number of rotatable bonds is 9. The summed E-state index contributed by atoms with van der Waals surface area (Å²) in [6.07, 6.45) is 6.98. The van der Waals surface area contributed by atoms with E-state index in [9.17, 15) is 9.59 Å². The van der Waals surface area contributed by atoms with Gasteiger partial charge in [0.2, 0.25) is 5.91 Å². The van der Waals surface area contributed by atoms with Crippen molar-refractivity contribution < 1.29 is 9.53 Å². The Labute approximate surface area is 137 Å². The number of nitrogens with one attached hydrogen (secondary N) is 1. The number of amides is 1. The molecule has 0 fully saturated rings. The molecule has 2 rings (SSSR count). The highest BCUT2D eigenvalue weighted by molar-refractivity contribution is 5.75. The summed E-state index contributed by atoms with van der Waals surface area (Å²) in [5.74, 6) is 0.638. The number of carbonyl (C=O) groups is 1. The topological polar surface area (TPSA) is 78.2 Å². The van der Waals surface area contributed by atoms with Crippen LogP contribution in [0.2, 0.25) is 0 Å². The number of aryl methyl sites for hydroxylation is 1. The molecule has 7 nitrogen and oxygen atoms in total. The number of nitrogens with zero attached hydrogens (tertiary/aromatic N) is 3. The van der Waals surface area contributed by atoms with Gasteiger partial charge in [-0.2, -0.15) is 5.10 Å². The molecular weight excluding hydrogens is 296 g/mol. The highest BCUT2D eigenvalue weighted by Gasteiger charge is 2.16. The van der Waals surface area contributed by atoms with Crippen molar-refractivity contribution in [2.24, 2.45) is 0 Å². The lowest BCUT2D eigenvalue weighted by Crippen LogP contribution is -2.34. The van der Waals surface area contributed by atoms with Gasteiger partial charge in [-0.1, -0.05) is 19.8 Å². The van der Waals surface area contributed by atoms with E-state index >= 15 is 0 Å². The monoisotopic (exact) mass is 324 g/mol. The van der Waals surface area contributed by atoms with E-state index in [4.69, 9.17) is 4.74 Å². The van der Waals surface area contributed by atoms with E-state index in [1.165, 1.54) is 4.68 Å². The van der Waals surface area contributed by atoms with Gasteiger partial charge in [0.05, 0.1) is 0 Å². The lowest BCUT2D eigenvalue weighted by atomic mass is 10.2. The van der Waals surface area contributed by atoms with Gasteiger partial charge in [-0.15, -0.1) is 0 Å². The molecule has 23 heavy (non-hydrogen) atoms. The fourth-order valence-corrected chi connectivity index (χ4v) is 2.67. The van der Waals surface area contributed by atoms with E-state index in [1.54, 1.807) is 4.57 Å². The van der Waals surface area contributed by atoms with Crippen LogP contribution in [0.3, 0.4) is 0 Å². The minimum absolute atomic E-state index is 0.00444. The van der Waals surface area contributed by atoms with Crippen LogP contribution < -0.4 is 11.0 Å². The average Bonchev–Trinajstić information content (AvgIpc) is 2.71. The molecular formula is C16H28N4O3. The fraction of sp³-hybridized carbons (Fsp3) is 0.812. The lowest BCUT2D eigenvalue weighted by molar-refractivity contribution is -0.121. The third-order valence-electron chi connectivity index (χ3n) is 4.00. The van der Waals surface area contributed by atoms with Crippen LogP contribution in [-0.2, 0) is 29.0 Å². The van der Waals surface area contributed by atoms with Gasteiger partial charge in [-0.25, -0.2) is 9.48 Å². The zero-order valence-electron chi connectivity index (χ0n) is 14.1. The number of hydrogen-bond acceptors (Lipinski definition) is 4.